The van der Waals surface area contributed by atoms with Crippen molar-refractivity contribution in [2.45, 2.75) is 65.3 Å². The molecule has 3 aromatic carbocycles. The minimum absolute atomic E-state index is 0.0820. The smallest absolute Gasteiger partial charge is 0.266 e. The van der Waals surface area contributed by atoms with E-state index in [0.717, 1.165) is 36.1 Å². The fourth-order valence-corrected chi connectivity index (χ4v) is 5.27. The lowest BCUT2D eigenvalue weighted by Gasteiger charge is -2.33. The van der Waals surface area contributed by atoms with Crippen molar-refractivity contribution < 1.29 is 4.79 Å². The molecule has 0 saturated carbocycles. The van der Waals surface area contributed by atoms with Crippen LogP contribution in [-0.2, 0) is 11.2 Å². The standard InChI is InChI=1S/C32H36ClN3O2/c1-4-6-12-21-35(30(37)20-17-24-13-8-7-9-14-24)28(5-2)31-34-27-16-11-10-15-26(27)32(38)36(31)29-19-18-25(33)22-23(29)3/h7-11,13-16,18-19,22,28H,4-6,12,17,20-21H2,1-3H3. The molecule has 1 aromatic heterocycles. The Morgan fingerprint density at radius 1 is 1.00 bits per heavy atom. The number of hydrogen-bond acceptors (Lipinski definition) is 3. The number of halogens is 1. The van der Waals surface area contributed by atoms with Gasteiger partial charge in [-0.3, -0.25) is 14.2 Å². The first-order valence-electron chi connectivity index (χ1n) is 13.6. The Morgan fingerprint density at radius 3 is 2.45 bits per heavy atom. The van der Waals surface area contributed by atoms with Crippen molar-refractivity contribution in [2.24, 2.45) is 0 Å². The maximum absolute atomic E-state index is 14.0. The molecule has 0 aliphatic rings. The third-order valence-corrected chi connectivity index (χ3v) is 7.29. The highest BCUT2D eigenvalue weighted by Crippen LogP contribution is 2.29. The molecule has 0 spiro atoms. The van der Waals surface area contributed by atoms with Crippen LogP contribution in [0.4, 0.5) is 0 Å². The number of aromatic nitrogens is 2. The Hall–Kier alpha value is -3.44. The molecule has 0 saturated heterocycles. The van der Waals surface area contributed by atoms with Gasteiger partial charge >= 0.3 is 0 Å². The van der Waals surface area contributed by atoms with Crippen LogP contribution in [0.25, 0.3) is 16.6 Å². The van der Waals surface area contributed by atoms with Crippen molar-refractivity contribution >= 4 is 28.4 Å². The molecule has 4 rings (SSSR count). The molecule has 0 fully saturated rings. The summed E-state index contributed by atoms with van der Waals surface area (Å²) in [7, 11) is 0. The van der Waals surface area contributed by atoms with Crippen molar-refractivity contribution in [2.75, 3.05) is 6.54 Å². The number of carbonyl (C=O) groups excluding carboxylic acids is 1. The summed E-state index contributed by atoms with van der Waals surface area (Å²) in [5, 5.41) is 1.16. The Balaban J connectivity index is 1.83. The van der Waals surface area contributed by atoms with Crippen molar-refractivity contribution in [3.8, 4) is 5.69 Å². The highest BCUT2D eigenvalue weighted by atomic mass is 35.5. The van der Waals surface area contributed by atoms with Gasteiger partial charge in [0.05, 0.1) is 22.6 Å². The van der Waals surface area contributed by atoms with Gasteiger partial charge in [0.15, 0.2) is 0 Å². The van der Waals surface area contributed by atoms with E-state index >= 15 is 0 Å². The minimum Gasteiger partial charge on any atom is -0.332 e. The molecule has 38 heavy (non-hydrogen) atoms. The molecule has 0 aliphatic heterocycles. The van der Waals surface area contributed by atoms with Gasteiger partial charge in [-0.1, -0.05) is 80.8 Å². The van der Waals surface area contributed by atoms with Gasteiger partial charge in [0, 0.05) is 18.0 Å². The highest BCUT2D eigenvalue weighted by molar-refractivity contribution is 6.30. The van der Waals surface area contributed by atoms with Crippen LogP contribution in [0.5, 0.6) is 0 Å². The van der Waals surface area contributed by atoms with E-state index in [1.165, 1.54) is 0 Å². The highest BCUT2D eigenvalue weighted by Gasteiger charge is 2.29. The van der Waals surface area contributed by atoms with E-state index in [9.17, 15) is 9.59 Å². The van der Waals surface area contributed by atoms with Gasteiger partial charge in [0.2, 0.25) is 5.91 Å². The molecule has 198 valence electrons. The number of para-hydroxylation sites is 1. The van der Waals surface area contributed by atoms with Gasteiger partial charge in [0.1, 0.15) is 5.82 Å². The molecule has 1 unspecified atom stereocenters. The second-order valence-corrected chi connectivity index (χ2v) is 10.2. The van der Waals surface area contributed by atoms with Gasteiger partial charge in [-0.15, -0.1) is 0 Å². The summed E-state index contributed by atoms with van der Waals surface area (Å²) in [6, 6.07) is 22.7. The third-order valence-electron chi connectivity index (χ3n) is 7.06. The molecule has 1 atom stereocenters. The number of hydrogen-bond donors (Lipinski definition) is 0. The van der Waals surface area contributed by atoms with Gasteiger partial charge < -0.3 is 4.90 Å². The van der Waals surface area contributed by atoms with Crippen molar-refractivity contribution in [1.82, 2.24) is 14.5 Å². The molecule has 1 amide bonds. The van der Waals surface area contributed by atoms with Gasteiger partial charge in [-0.2, -0.15) is 0 Å². The summed E-state index contributed by atoms with van der Waals surface area (Å²) in [6.45, 7) is 6.78. The molecule has 5 nitrogen and oxygen atoms in total. The lowest BCUT2D eigenvalue weighted by Crippen LogP contribution is -2.39. The predicted octanol–water partition coefficient (Wildman–Crippen LogP) is 7.45. The number of amides is 1. The summed E-state index contributed by atoms with van der Waals surface area (Å²) in [6.07, 6.45) is 4.72. The molecule has 0 N–H and O–H groups in total. The second-order valence-electron chi connectivity index (χ2n) is 9.76. The molecule has 0 aliphatic carbocycles. The molecular weight excluding hydrogens is 494 g/mol. The minimum atomic E-state index is -0.345. The lowest BCUT2D eigenvalue weighted by molar-refractivity contribution is -0.134. The third kappa shape index (κ3) is 6.16. The van der Waals surface area contributed by atoms with E-state index in [1.54, 1.807) is 16.7 Å². The first-order valence-corrected chi connectivity index (χ1v) is 13.9. The van der Waals surface area contributed by atoms with Crippen LogP contribution in [0, 0.1) is 6.92 Å². The van der Waals surface area contributed by atoms with Crippen LogP contribution in [0.1, 0.15) is 68.9 Å². The zero-order valence-corrected chi connectivity index (χ0v) is 23.2. The number of benzene rings is 3. The Kier molecular flexibility index (Phi) is 9.35. The predicted molar refractivity (Wildman–Crippen MR) is 156 cm³/mol. The summed E-state index contributed by atoms with van der Waals surface area (Å²) in [5.41, 5.74) is 3.25. The van der Waals surface area contributed by atoms with Gasteiger partial charge in [-0.25, -0.2) is 4.98 Å². The Morgan fingerprint density at radius 2 is 1.74 bits per heavy atom. The fourth-order valence-electron chi connectivity index (χ4n) is 5.04. The lowest BCUT2D eigenvalue weighted by atomic mass is 10.1. The van der Waals surface area contributed by atoms with E-state index in [4.69, 9.17) is 16.6 Å². The van der Waals surface area contributed by atoms with Crippen LogP contribution >= 0.6 is 11.6 Å². The summed E-state index contributed by atoms with van der Waals surface area (Å²) >= 11 is 6.26. The normalized spacial score (nSPS) is 12.0. The molecule has 6 heteroatoms. The van der Waals surface area contributed by atoms with Crippen LogP contribution < -0.4 is 5.56 Å². The maximum Gasteiger partial charge on any atom is 0.266 e. The number of rotatable bonds is 11. The number of fused-ring (bicyclic) bond motifs is 1. The van der Waals surface area contributed by atoms with Crippen molar-refractivity contribution in [1.29, 1.82) is 0 Å². The average Bonchev–Trinajstić information content (AvgIpc) is 2.93. The number of nitrogens with zero attached hydrogens (tertiary/aromatic N) is 3. The van der Waals surface area contributed by atoms with E-state index in [2.05, 4.69) is 26.0 Å². The molecule has 4 aromatic rings. The van der Waals surface area contributed by atoms with Crippen LogP contribution in [-0.4, -0.2) is 26.9 Å². The second kappa shape index (κ2) is 12.9. The summed E-state index contributed by atoms with van der Waals surface area (Å²) in [4.78, 5) is 34.7. The topological polar surface area (TPSA) is 55.2 Å². The number of unbranched alkanes of at least 4 members (excludes halogenated alkanes) is 2. The van der Waals surface area contributed by atoms with Crippen molar-refractivity contribution in [3.63, 3.8) is 0 Å². The van der Waals surface area contributed by atoms with Gasteiger partial charge in [-0.05, 0) is 67.6 Å². The van der Waals surface area contributed by atoms with Crippen LogP contribution in [0.2, 0.25) is 5.02 Å². The van der Waals surface area contributed by atoms with E-state index < -0.39 is 0 Å². The monoisotopic (exact) mass is 529 g/mol. The molecule has 1 heterocycles. The number of aryl methyl sites for hydroxylation is 2. The Bertz CT molecular complexity index is 1450. The average molecular weight is 530 g/mol. The zero-order chi connectivity index (χ0) is 27.1. The van der Waals surface area contributed by atoms with Crippen LogP contribution in [0.15, 0.2) is 77.6 Å². The van der Waals surface area contributed by atoms with Crippen LogP contribution in [0.3, 0.4) is 0 Å². The van der Waals surface area contributed by atoms with Crippen molar-refractivity contribution in [3.05, 3.63) is 105 Å². The maximum atomic E-state index is 14.0. The molecule has 0 bridgehead atoms. The summed E-state index contributed by atoms with van der Waals surface area (Å²) in [5.74, 6) is 0.671. The quantitative estimate of drug-likeness (QED) is 0.190. The molecule has 0 radical (unpaired) electrons. The first kappa shape index (κ1) is 27.6. The zero-order valence-electron chi connectivity index (χ0n) is 22.5. The Labute approximate surface area is 230 Å². The summed E-state index contributed by atoms with van der Waals surface area (Å²) < 4.78 is 1.69. The largest absolute Gasteiger partial charge is 0.332 e. The molecular formula is C32H36ClN3O2. The SMILES string of the molecule is CCCCCN(C(=O)CCc1ccccc1)C(CC)c1nc2ccccc2c(=O)n1-c1ccc(Cl)cc1C. The van der Waals surface area contributed by atoms with Gasteiger partial charge in [0.25, 0.3) is 5.56 Å². The van der Waals surface area contributed by atoms with E-state index in [-0.39, 0.29) is 17.5 Å². The fraction of sp³-hybridized carbons (Fsp3) is 0.344. The van der Waals surface area contributed by atoms with E-state index in [1.807, 2.05) is 60.4 Å². The van der Waals surface area contributed by atoms with E-state index in [0.29, 0.717) is 47.6 Å². The number of carbonyl (C=O) groups is 1. The first-order chi connectivity index (χ1) is 18.4.